The molecule has 0 radical (unpaired) electrons. The van der Waals surface area contributed by atoms with Crippen molar-refractivity contribution in [3.63, 3.8) is 0 Å². The molecule has 0 aliphatic heterocycles. The van der Waals surface area contributed by atoms with Gasteiger partial charge in [-0.15, -0.1) is 0 Å². The maximum Gasteiger partial charge on any atom is 0.255 e. The Morgan fingerprint density at radius 1 is 0.317 bits per heavy atom. The third-order valence-corrected chi connectivity index (χ3v) is 18.1. The number of amides is 4. The van der Waals surface area contributed by atoms with Crippen molar-refractivity contribution in [1.29, 1.82) is 0 Å². The molecule has 0 heterocycles. The summed E-state index contributed by atoms with van der Waals surface area (Å²) in [4.78, 5) is 55.6. The normalized spacial score (nSPS) is 15.1. The maximum absolute atomic E-state index is 14.2. The maximum atomic E-state index is 14.2. The second-order valence-electron chi connectivity index (χ2n) is 26.3. The van der Waals surface area contributed by atoms with Crippen molar-refractivity contribution in [2.45, 2.75) is 183 Å². The molecule has 8 nitrogen and oxygen atoms in total. The number of carbonyl (C=O) groups excluding carboxylic acids is 4. The van der Waals surface area contributed by atoms with Gasteiger partial charge in [-0.1, -0.05) is 159 Å². The zero-order chi connectivity index (χ0) is 59.1. The zero-order valence-electron chi connectivity index (χ0n) is 51.3. The van der Waals surface area contributed by atoms with Gasteiger partial charge in [0, 0.05) is 55.8 Å². The largest absolute Gasteiger partial charge is 0.322 e. The molecule has 2 saturated carbocycles. The van der Waals surface area contributed by atoms with Crippen LogP contribution in [-0.2, 0) is 21.7 Å². The van der Waals surface area contributed by atoms with Gasteiger partial charge in [0.25, 0.3) is 23.6 Å². The monoisotopic (exact) mass is 1090 g/mol. The van der Waals surface area contributed by atoms with Crippen LogP contribution in [0.1, 0.15) is 225 Å². The van der Waals surface area contributed by atoms with Crippen LogP contribution in [0.3, 0.4) is 0 Å². The lowest BCUT2D eigenvalue weighted by Crippen LogP contribution is -2.31. The number of anilines is 4. The molecule has 0 unspecified atom stereocenters. The standard InChI is InChI=1S/C74H86N4O4/c1-45-36-59(37-46(2)63(45)75-67(79)53-24-28-57(29-25-53)71(9,10)11)73(32-17-15-18-33-73)61-40-49(5)65(50(6)41-61)77-69(81)55-22-21-23-56(44-55)70(82)78-66-51(7)42-62(43-52(66)8)74(34-19-16-20-35-74)60-38-47(3)64(48(4)39-60)76-68(80)54-26-30-58(31-27-54)72(12,13)14/h21-31,36-44H,15-20,32-35H2,1-14H3,(H,75,79)(H,76,80)(H,77,81)(H,78,82). The second-order valence-corrected chi connectivity index (χ2v) is 26.3. The fourth-order valence-electron chi connectivity index (χ4n) is 13.3. The van der Waals surface area contributed by atoms with Gasteiger partial charge in [-0.05, 0) is 212 Å². The smallest absolute Gasteiger partial charge is 0.255 e. The molecular weight excluding hydrogens is 1010 g/mol. The number of rotatable bonds is 12. The van der Waals surface area contributed by atoms with Crippen molar-refractivity contribution in [2.24, 2.45) is 0 Å². The minimum atomic E-state index is -0.281. The van der Waals surface area contributed by atoms with Gasteiger partial charge in [-0.2, -0.15) is 0 Å². The number of benzene rings is 7. The van der Waals surface area contributed by atoms with Gasteiger partial charge in [0.2, 0.25) is 0 Å². The molecular formula is C74H86N4O4. The highest BCUT2D eigenvalue weighted by Crippen LogP contribution is 2.49. The Hall–Kier alpha value is -7.58. The average molecular weight is 1100 g/mol. The average Bonchev–Trinajstić information content (AvgIpc) is 3.62. The minimum Gasteiger partial charge on any atom is -0.322 e. The van der Waals surface area contributed by atoms with E-state index in [0.717, 1.165) is 119 Å². The van der Waals surface area contributed by atoms with Crippen LogP contribution in [0.4, 0.5) is 22.7 Å². The van der Waals surface area contributed by atoms with Crippen LogP contribution in [0, 0.1) is 55.4 Å². The van der Waals surface area contributed by atoms with Crippen LogP contribution in [0.15, 0.2) is 121 Å². The molecule has 0 atom stereocenters. The van der Waals surface area contributed by atoms with Gasteiger partial charge in [-0.25, -0.2) is 0 Å². The molecule has 2 fully saturated rings. The molecule has 426 valence electrons. The molecule has 7 aromatic rings. The van der Waals surface area contributed by atoms with E-state index < -0.39 is 0 Å². The molecule has 2 aliphatic carbocycles. The molecule has 0 bridgehead atoms. The number of carbonyl (C=O) groups is 4. The summed E-state index contributed by atoms with van der Waals surface area (Å²) in [5.41, 5.74) is 20.3. The topological polar surface area (TPSA) is 116 Å². The Labute approximate surface area is 488 Å². The lowest BCUT2D eigenvalue weighted by atomic mass is 9.64. The second kappa shape index (κ2) is 23.3. The van der Waals surface area contributed by atoms with E-state index in [9.17, 15) is 19.2 Å². The van der Waals surface area contributed by atoms with Crippen LogP contribution in [0.2, 0.25) is 0 Å². The van der Waals surface area contributed by atoms with Gasteiger partial charge in [0.05, 0.1) is 0 Å². The summed E-state index contributed by atoms with van der Waals surface area (Å²) in [5, 5.41) is 12.9. The molecule has 8 heteroatoms. The third kappa shape index (κ3) is 12.1. The van der Waals surface area contributed by atoms with E-state index >= 15 is 0 Å². The Kier molecular flexibility index (Phi) is 16.8. The minimum absolute atomic E-state index is 0.00505. The van der Waals surface area contributed by atoms with Crippen LogP contribution < -0.4 is 21.3 Å². The van der Waals surface area contributed by atoms with Gasteiger partial charge in [-0.3, -0.25) is 19.2 Å². The molecule has 0 saturated heterocycles. The van der Waals surface area contributed by atoms with Crippen molar-refractivity contribution < 1.29 is 19.2 Å². The van der Waals surface area contributed by atoms with E-state index in [1.54, 1.807) is 24.3 Å². The lowest BCUT2D eigenvalue weighted by molar-refractivity contribution is 0.101. The van der Waals surface area contributed by atoms with Crippen molar-refractivity contribution in [3.8, 4) is 0 Å². The lowest BCUT2D eigenvalue weighted by Gasteiger charge is -2.40. The highest BCUT2D eigenvalue weighted by molar-refractivity contribution is 6.10. The summed E-state index contributed by atoms with van der Waals surface area (Å²) in [6, 6.07) is 40.9. The van der Waals surface area contributed by atoms with E-state index in [2.05, 4.69) is 167 Å². The SMILES string of the molecule is Cc1cc(C2(c3cc(C)c(NC(=O)c4cccc(C(=O)Nc5c(C)cc(C6(c7cc(C)c(NC(=O)c8ccc(C(C)(C)C)cc8)c(C)c7)CCCCC6)cc5C)c4)c(C)c3)CCCCC2)cc(C)c1NC(=O)c1ccc(C(C)(C)C)cc1. The first-order valence-electron chi connectivity index (χ1n) is 29.8. The zero-order valence-corrected chi connectivity index (χ0v) is 51.3. The molecule has 2 aliphatic rings. The Morgan fingerprint density at radius 2 is 0.549 bits per heavy atom. The first-order chi connectivity index (χ1) is 38.8. The number of aryl methyl sites for hydroxylation is 8. The van der Waals surface area contributed by atoms with Crippen molar-refractivity contribution >= 4 is 46.4 Å². The van der Waals surface area contributed by atoms with Gasteiger partial charge < -0.3 is 21.3 Å². The van der Waals surface area contributed by atoms with Crippen LogP contribution >= 0.6 is 0 Å². The molecule has 9 rings (SSSR count). The van der Waals surface area contributed by atoms with Gasteiger partial charge >= 0.3 is 0 Å². The summed E-state index contributed by atoms with van der Waals surface area (Å²) in [7, 11) is 0. The highest BCUT2D eigenvalue weighted by Gasteiger charge is 2.39. The number of hydrogen-bond donors (Lipinski definition) is 4. The van der Waals surface area contributed by atoms with Crippen molar-refractivity contribution in [2.75, 3.05) is 21.3 Å². The Morgan fingerprint density at radius 3 is 0.780 bits per heavy atom. The van der Waals surface area contributed by atoms with E-state index in [1.165, 1.54) is 46.2 Å². The fourth-order valence-corrected chi connectivity index (χ4v) is 13.3. The first-order valence-corrected chi connectivity index (χ1v) is 29.8. The predicted molar refractivity (Wildman–Crippen MR) is 340 cm³/mol. The quantitative estimate of drug-likeness (QED) is 0.0975. The van der Waals surface area contributed by atoms with Crippen LogP contribution in [-0.4, -0.2) is 23.6 Å². The van der Waals surface area contributed by atoms with Crippen LogP contribution in [0.25, 0.3) is 0 Å². The van der Waals surface area contributed by atoms with E-state index in [0.29, 0.717) is 22.3 Å². The van der Waals surface area contributed by atoms with E-state index in [-0.39, 0.29) is 45.3 Å². The first kappa shape index (κ1) is 59.1. The molecule has 4 amide bonds. The third-order valence-electron chi connectivity index (χ3n) is 18.1. The number of nitrogens with one attached hydrogen (secondary N) is 4. The Balaban J connectivity index is 0.903. The van der Waals surface area contributed by atoms with Crippen molar-refractivity contribution in [1.82, 2.24) is 0 Å². The summed E-state index contributed by atoms with van der Waals surface area (Å²) >= 11 is 0. The summed E-state index contributed by atoms with van der Waals surface area (Å²) < 4.78 is 0. The fraction of sp³-hybridized carbons (Fsp3) is 0.378. The Bertz CT molecular complexity index is 3270. The predicted octanol–water partition coefficient (Wildman–Crippen LogP) is 18.3. The molecule has 82 heavy (non-hydrogen) atoms. The molecule has 4 N–H and O–H groups in total. The van der Waals surface area contributed by atoms with E-state index in [4.69, 9.17) is 0 Å². The molecule has 0 aromatic heterocycles. The summed E-state index contributed by atoms with van der Waals surface area (Å²) in [5.74, 6) is -0.795. The highest BCUT2D eigenvalue weighted by atomic mass is 16.2. The molecule has 7 aromatic carbocycles. The number of hydrogen-bond acceptors (Lipinski definition) is 4. The molecule has 0 spiro atoms. The summed E-state index contributed by atoms with van der Waals surface area (Å²) in [6.45, 7) is 29.7. The van der Waals surface area contributed by atoms with Gasteiger partial charge in [0.1, 0.15) is 0 Å². The van der Waals surface area contributed by atoms with E-state index in [1.807, 2.05) is 48.5 Å². The van der Waals surface area contributed by atoms with Crippen LogP contribution in [0.5, 0.6) is 0 Å². The van der Waals surface area contributed by atoms with Gasteiger partial charge in [0.15, 0.2) is 0 Å². The van der Waals surface area contributed by atoms with Crippen molar-refractivity contribution in [3.05, 3.63) is 221 Å². The summed E-state index contributed by atoms with van der Waals surface area (Å²) in [6.07, 6.45) is 10.8.